The molecule has 0 aliphatic carbocycles. The summed E-state index contributed by atoms with van der Waals surface area (Å²) in [6.07, 6.45) is 2.25. The number of alkyl halides is 3. The summed E-state index contributed by atoms with van der Waals surface area (Å²) < 4.78 is 49.3. The highest BCUT2D eigenvalue weighted by atomic mass is 19.4. The van der Waals surface area contributed by atoms with Crippen LogP contribution in [0.2, 0.25) is 0 Å². The van der Waals surface area contributed by atoms with Gasteiger partial charge in [0.15, 0.2) is 6.04 Å². The second-order valence-electron chi connectivity index (χ2n) is 7.52. The van der Waals surface area contributed by atoms with Crippen LogP contribution in [0.4, 0.5) is 19.0 Å². The highest BCUT2D eigenvalue weighted by molar-refractivity contribution is 5.98. The van der Waals surface area contributed by atoms with Gasteiger partial charge in [0.1, 0.15) is 17.1 Å². The number of amides is 1. The number of ether oxygens (including phenoxy) is 1. The number of nitrogens with zero attached hydrogens (tertiary/aromatic N) is 4. The first-order valence-electron chi connectivity index (χ1n) is 10.2. The predicted octanol–water partition coefficient (Wildman–Crippen LogP) is 3.57. The second-order valence-corrected chi connectivity index (χ2v) is 7.52. The number of anilines is 1. The monoisotopic (exact) mass is 448 g/mol. The van der Waals surface area contributed by atoms with Gasteiger partial charge in [-0.2, -0.15) is 18.3 Å². The molecule has 0 unspecified atom stereocenters. The standard InChI is InChI=1S/C21H23F3N6O2/c1-32-15-5-3-14(4-6-15)17-11-18(21(22,23)24)30-19(28-17)16(12-27-30)20(31)26-7-2-9-29-10-8-25-13-29/h3-6,8,10,12-13,17-18,28H,2,7,9,11H2,1H3,(H,26,31)/t17-,18+/m1/s1. The molecule has 32 heavy (non-hydrogen) atoms. The third-order valence-electron chi connectivity index (χ3n) is 5.44. The first kappa shape index (κ1) is 21.7. The van der Waals surface area contributed by atoms with Crippen molar-refractivity contribution in [3.63, 3.8) is 0 Å². The molecular formula is C21H23F3N6O2. The van der Waals surface area contributed by atoms with Crippen LogP contribution in [0.15, 0.2) is 49.2 Å². The Balaban J connectivity index is 1.51. The average Bonchev–Trinajstić information content (AvgIpc) is 3.45. The van der Waals surface area contributed by atoms with Gasteiger partial charge in [0, 0.05) is 31.9 Å². The number of halogens is 3. The molecule has 0 saturated carbocycles. The highest BCUT2D eigenvalue weighted by Gasteiger charge is 2.47. The van der Waals surface area contributed by atoms with E-state index >= 15 is 0 Å². The lowest BCUT2D eigenvalue weighted by Gasteiger charge is -2.34. The number of rotatable bonds is 7. The summed E-state index contributed by atoms with van der Waals surface area (Å²) in [6, 6.07) is 4.34. The lowest BCUT2D eigenvalue weighted by molar-refractivity contribution is -0.173. The molecule has 2 N–H and O–H groups in total. The molecule has 1 aromatic carbocycles. The lowest BCUT2D eigenvalue weighted by Crippen LogP contribution is -2.36. The average molecular weight is 448 g/mol. The maximum atomic E-state index is 13.8. The van der Waals surface area contributed by atoms with E-state index in [4.69, 9.17) is 4.74 Å². The Labute approximate surface area is 182 Å². The van der Waals surface area contributed by atoms with E-state index in [0.29, 0.717) is 30.8 Å². The van der Waals surface area contributed by atoms with Crippen molar-refractivity contribution < 1.29 is 22.7 Å². The Kier molecular flexibility index (Phi) is 6.06. The quantitative estimate of drug-likeness (QED) is 0.540. The van der Waals surface area contributed by atoms with Gasteiger partial charge in [0.2, 0.25) is 0 Å². The van der Waals surface area contributed by atoms with E-state index in [1.807, 2.05) is 10.8 Å². The van der Waals surface area contributed by atoms with Crippen molar-refractivity contribution in [1.82, 2.24) is 24.6 Å². The number of benzene rings is 1. The lowest BCUT2D eigenvalue weighted by atomic mass is 9.96. The van der Waals surface area contributed by atoms with Gasteiger partial charge in [-0.15, -0.1) is 0 Å². The maximum absolute atomic E-state index is 13.8. The Morgan fingerprint density at radius 2 is 2.09 bits per heavy atom. The number of fused-ring (bicyclic) bond motifs is 1. The van der Waals surface area contributed by atoms with Gasteiger partial charge in [-0.05, 0) is 24.1 Å². The van der Waals surface area contributed by atoms with Gasteiger partial charge in [-0.25, -0.2) is 9.67 Å². The summed E-state index contributed by atoms with van der Waals surface area (Å²) in [6.45, 7) is 1.03. The van der Waals surface area contributed by atoms with Gasteiger partial charge in [0.25, 0.3) is 5.91 Å². The number of methoxy groups -OCH3 is 1. The molecule has 4 rings (SSSR count). The van der Waals surface area contributed by atoms with Crippen molar-refractivity contribution in [1.29, 1.82) is 0 Å². The minimum Gasteiger partial charge on any atom is -0.497 e. The molecule has 1 aliphatic heterocycles. The van der Waals surface area contributed by atoms with E-state index in [-0.39, 0.29) is 17.8 Å². The zero-order valence-corrected chi connectivity index (χ0v) is 17.3. The number of carbonyl (C=O) groups excluding carboxylic acids is 1. The van der Waals surface area contributed by atoms with Crippen LogP contribution in [0, 0.1) is 0 Å². The minimum absolute atomic E-state index is 0.0616. The fraction of sp³-hybridized carbons (Fsp3) is 0.381. The van der Waals surface area contributed by atoms with Crippen molar-refractivity contribution in [2.45, 2.75) is 37.6 Å². The SMILES string of the molecule is COc1ccc([C@H]2C[C@@H](C(F)(F)F)n3ncc(C(=O)NCCCn4ccnc4)c3N2)cc1. The van der Waals surface area contributed by atoms with Crippen LogP contribution in [0.25, 0.3) is 0 Å². The fourth-order valence-electron chi connectivity index (χ4n) is 3.76. The summed E-state index contributed by atoms with van der Waals surface area (Å²) in [5.41, 5.74) is 0.749. The molecule has 1 amide bonds. The zero-order chi connectivity index (χ0) is 22.7. The Hall–Kier alpha value is -3.50. The number of aromatic nitrogens is 4. The summed E-state index contributed by atoms with van der Waals surface area (Å²) in [5, 5.41) is 9.73. The molecule has 2 atom stereocenters. The molecule has 0 radical (unpaired) electrons. The minimum atomic E-state index is -4.51. The second kappa shape index (κ2) is 8.93. The van der Waals surface area contributed by atoms with Crippen molar-refractivity contribution >= 4 is 11.7 Å². The topological polar surface area (TPSA) is 86.0 Å². The third-order valence-corrected chi connectivity index (χ3v) is 5.44. The van der Waals surface area contributed by atoms with Crippen LogP contribution >= 0.6 is 0 Å². The van der Waals surface area contributed by atoms with Crippen LogP contribution in [-0.4, -0.2) is 45.1 Å². The van der Waals surface area contributed by atoms with E-state index < -0.39 is 24.2 Å². The van der Waals surface area contributed by atoms with Crippen LogP contribution in [0.5, 0.6) is 5.75 Å². The molecule has 0 bridgehead atoms. The van der Waals surface area contributed by atoms with Crippen LogP contribution in [0.3, 0.4) is 0 Å². The molecular weight excluding hydrogens is 425 g/mol. The van der Waals surface area contributed by atoms with Crippen molar-refractivity contribution in [3.05, 3.63) is 60.3 Å². The molecule has 3 heterocycles. The Morgan fingerprint density at radius 1 is 1.31 bits per heavy atom. The van der Waals surface area contributed by atoms with Gasteiger partial charge < -0.3 is 19.9 Å². The van der Waals surface area contributed by atoms with E-state index in [1.54, 1.807) is 36.8 Å². The number of nitrogens with one attached hydrogen (secondary N) is 2. The largest absolute Gasteiger partial charge is 0.497 e. The molecule has 11 heteroatoms. The van der Waals surface area contributed by atoms with Gasteiger partial charge >= 0.3 is 6.18 Å². The van der Waals surface area contributed by atoms with Crippen molar-refractivity contribution in [2.24, 2.45) is 0 Å². The Morgan fingerprint density at radius 3 is 2.75 bits per heavy atom. The third kappa shape index (κ3) is 4.56. The Bertz CT molecular complexity index is 1050. The number of aryl methyl sites for hydroxylation is 1. The summed E-state index contributed by atoms with van der Waals surface area (Å²) in [4.78, 5) is 16.7. The van der Waals surface area contributed by atoms with E-state index in [2.05, 4.69) is 20.7 Å². The predicted molar refractivity (Wildman–Crippen MR) is 110 cm³/mol. The molecule has 2 aromatic heterocycles. The molecule has 0 fully saturated rings. The molecule has 0 spiro atoms. The number of hydrogen-bond acceptors (Lipinski definition) is 5. The van der Waals surface area contributed by atoms with Gasteiger partial charge in [0.05, 0.1) is 25.7 Å². The maximum Gasteiger partial charge on any atom is 0.410 e. The van der Waals surface area contributed by atoms with Crippen molar-refractivity contribution in [3.8, 4) is 5.75 Å². The number of hydrogen-bond donors (Lipinski definition) is 2. The first-order chi connectivity index (χ1) is 15.4. The first-order valence-corrected chi connectivity index (χ1v) is 10.2. The fourth-order valence-corrected chi connectivity index (χ4v) is 3.76. The highest BCUT2D eigenvalue weighted by Crippen LogP contribution is 2.44. The van der Waals surface area contributed by atoms with Crippen LogP contribution < -0.4 is 15.4 Å². The summed E-state index contributed by atoms with van der Waals surface area (Å²) in [7, 11) is 1.52. The molecule has 170 valence electrons. The van der Waals surface area contributed by atoms with Gasteiger partial charge in [-0.1, -0.05) is 12.1 Å². The molecule has 3 aromatic rings. The molecule has 8 nitrogen and oxygen atoms in total. The van der Waals surface area contributed by atoms with E-state index in [1.165, 1.54) is 13.3 Å². The van der Waals surface area contributed by atoms with Crippen molar-refractivity contribution in [2.75, 3.05) is 19.0 Å². The molecule has 1 aliphatic rings. The van der Waals surface area contributed by atoms with Crippen LogP contribution in [-0.2, 0) is 6.54 Å². The number of imidazole rings is 1. The van der Waals surface area contributed by atoms with Crippen LogP contribution in [0.1, 0.15) is 40.8 Å². The number of carbonyl (C=O) groups is 1. The summed E-state index contributed by atoms with van der Waals surface area (Å²) in [5.74, 6) is 0.199. The molecule has 0 saturated heterocycles. The summed E-state index contributed by atoms with van der Waals surface area (Å²) >= 11 is 0. The zero-order valence-electron chi connectivity index (χ0n) is 17.3. The van der Waals surface area contributed by atoms with Gasteiger partial charge in [-0.3, -0.25) is 4.79 Å². The van der Waals surface area contributed by atoms with E-state index in [9.17, 15) is 18.0 Å². The normalized spacial score (nSPS) is 18.0. The smallest absolute Gasteiger partial charge is 0.410 e. The van der Waals surface area contributed by atoms with E-state index in [0.717, 1.165) is 4.68 Å².